The molecule has 0 fully saturated rings. The van der Waals surface area contributed by atoms with Crippen LogP contribution in [0.1, 0.15) is 0 Å². The molecule has 1 aromatic carbocycles. The van der Waals surface area contributed by atoms with Crippen molar-refractivity contribution in [2.75, 3.05) is 0 Å². The van der Waals surface area contributed by atoms with Crippen molar-refractivity contribution in [3.05, 3.63) is 47.0 Å². The number of nitro groups is 1. The normalized spacial score (nSPS) is 8.27. The molecule has 1 aromatic rings. The summed E-state index contributed by atoms with van der Waals surface area (Å²) >= 11 is 0. The fourth-order valence-electron chi connectivity index (χ4n) is 0.619. The fourth-order valence-corrected chi connectivity index (χ4v) is 0.619. The SMILES string of the molecule is C=CC(=O)O.O=[N+]([O-])c1ccccc1O. The second kappa shape index (κ2) is 6.14. The third-order valence-electron chi connectivity index (χ3n) is 1.25. The number of para-hydroxylation sites is 2. The van der Waals surface area contributed by atoms with E-state index >= 15 is 0 Å². The van der Waals surface area contributed by atoms with Crippen LogP contribution in [0.15, 0.2) is 36.9 Å². The van der Waals surface area contributed by atoms with E-state index in [1.54, 1.807) is 0 Å². The lowest BCUT2D eigenvalue weighted by molar-refractivity contribution is -0.385. The van der Waals surface area contributed by atoms with Gasteiger partial charge in [-0.25, -0.2) is 4.79 Å². The van der Waals surface area contributed by atoms with E-state index in [0.717, 1.165) is 6.08 Å². The zero-order valence-electron chi connectivity index (χ0n) is 7.66. The van der Waals surface area contributed by atoms with Crippen molar-refractivity contribution in [1.29, 1.82) is 0 Å². The molecule has 0 aliphatic heterocycles. The Bertz CT molecular complexity index is 375. The minimum atomic E-state index is -0.981. The van der Waals surface area contributed by atoms with Gasteiger partial charge in [0.05, 0.1) is 4.92 Å². The van der Waals surface area contributed by atoms with Gasteiger partial charge in [0, 0.05) is 12.1 Å². The number of phenolic OH excluding ortho intramolecular Hbond substituents is 1. The van der Waals surface area contributed by atoms with Gasteiger partial charge in [-0.3, -0.25) is 10.1 Å². The number of carboxylic acid groups (broad SMARTS) is 1. The van der Waals surface area contributed by atoms with Crippen LogP contribution in [0.4, 0.5) is 5.69 Å². The quantitative estimate of drug-likeness (QED) is 0.439. The van der Waals surface area contributed by atoms with E-state index in [0.29, 0.717) is 0 Å². The van der Waals surface area contributed by atoms with Crippen molar-refractivity contribution >= 4 is 11.7 Å². The molecule has 0 aliphatic carbocycles. The van der Waals surface area contributed by atoms with Gasteiger partial charge in [0.15, 0.2) is 5.75 Å². The molecule has 0 heterocycles. The molecular weight excluding hydrogens is 202 g/mol. The first-order chi connectivity index (χ1) is 6.99. The maximum absolute atomic E-state index is 10.1. The van der Waals surface area contributed by atoms with E-state index in [9.17, 15) is 14.9 Å². The molecule has 1 rings (SSSR count). The lowest BCUT2D eigenvalue weighted by Gasteiger charge is -1.91. The minimum Gasteiger partial charge on any atom is -0.502 e. The Balaban J connectivity index is 0.000000336. The topological polar surface area (TPSA) is 101 Å². The highest BCUT2D eigenvalue weighted by molar-refractivity contribution is 5.78. The summed E-state index contributed by atoms with van der Waals surface area (Å²) in [6, 6.07) is 5.55. The molecule has 6 nitrogen and oxygen atoms in total. The standard InChI is InChI=1S/C6H5NO3.C3H4O2/c8-6-4-2-1-3-5(6)7(9)10;1-2-3(4)5/h1-4,8H;2H,1H2,(H,4,5). The van der Waals surface area contributed by atoms with Crippen LogP contribution in [-0.4, -0.2) is 21.1 Å². The van der Waals surface area contributed by atoms with E-state index in [2.05, 4.69) is 6.58 Å². The van der Waals surface area contributed by atoms with Crippen molar-refractivity contribution in [1.82, 2.24) is 0 Å². The highest BCUT2D eigenvalue weighted by Gasteiger charge is 2.09. The number of phenols is 1. The molecule has 0 aromatic heterocycles. The fraction of sp³-hybridized carbons (Fsp3) is 0. The molecule has 0 atom stereocenters. The second-order valence-electron chi connectivity index (χ2n) is 2.29. The molecule has 80 valence electrons. The first-order valence-electron chi connectivity index (χ1n) is 3.76. The molecule has 15 heavy (non-hydrogen) atoms. The smallest absolute Gasteiger partial charge is 0.327 e. The summed E-state index contributed by atoms with van der Waals surface area (Å²) in [5, 5.41) is 26.5. The van der Waals surface area contributed by atoms with Crippen LogP contribution in [0.5, 0.6) is 5.75 Å². The predicted octanol–water partition coefficient (Wildman–Crippen LogP) is 1.56. The lowest BCUT2D eigenvalue weighted by atomic mass is 10.3. The van der Waals surface area contributed by atoms with E-state index in [1.807, 2.05) is 0 Å². The van der Waals surface area contributed by atoms with Crippen molar-refractivity contribution in [3.63, 3.8) is 0 Å². The number of rotatable bonds is 2. The number of benzene rings is 1. The number of nitro benzene ring substituents is 1. The maximum Gasteiger partial charge on any atom is 0.327 e. The van der Waals surface area contributed by atoms with Crippen LogP contribution in [0, 0.1) is 10.1 Å². The largest absolute Gasteiger partial charge is 0.502 e. The zero-order valence-corrected chi connectivity index (χ0v) is 7.66. The number of aromatic hydroxyl groups is 1. The summed E-state index contributed by atoms with van der Waals surface area (Å²) in [6.45, 7) is 2.96. The first-order valence-corrected chi connectivity index (χ1v) is 3.76. The Hall–Kier alpha value is -2.37. The van der Waals surface area contributed by atoms with Gasteiger partial charge in [-0.15, -0.1) is 0 Å². The third kappa shape index (κ3) is 5.04. The molecule has 0 unspecified atom stereocenters. The lowest BCUT2D eigenvalue weighted by Crippen LogP contribution is -1.86. The zero-order chi connectivity index (χ0) is 11.8. The van der Waals surface area contributed by atoms with Crippen molar-refractivity contribution in [2.24, 2.45) is 0 Å². The Morgan fingerprint density at radius 2 is 1.93 bits per heavy atom. The maximum atomic E-state index is 10.1. The monoisotopic (exact) mass is 211 g/mol. The Labute approximate surface area is 85.2 Å². The molecule has 0 saturated heterocycles. The predicted molar refractivity (Wildman–Crippen MR) is 52.6 cm³/mol. The van der Waals surface area contributed by atoms with E-state index in [4.69, 9.17) is 10.2 Å². The van der Waals surface area contributed by atoms with Gasteiger partial charge >= 0.3 is 11.7 Å². The highest BCUT2D eigenvalue weighted by Crippen LogP contribution is 2.23. The van der Waals surface area contributed by atoms with Crippen molar-refractivity contribution in [2.45, 2.75) is 0 Å². The van der Waals surface area contributed by atoms with Gasteiger partial charge in [-0.05, 0) is 6.07 Å². The van der Waals surface area contributed by atoms with Gasteiger partial charge in [0.1, 0.15) is 0 Å². The number of carbonyl (C=O) groups is 1. The molecule has 0 bridgehead atoms. The Morgan fingerprint density at radius 1 is 1.47 bits per heavy atom. The van der Waals surface area contributed by atoms with Crippen molar-refractivity contribution < 1.29 is 19.9 Å². The van der Waals surface area contributed by atoms with E-state index in [1.165, 1.54) is 24.3 Å². The highest BCUT2D eigenvalue weighted by atomic mass is 16.6. The van der Waals surface area contributed by atoms with Gasteiger partial charge in [-0.1, -0.05) is 18.7 Å². The van der Waals surface area contributed by atoms with Crippen LogP contribution >= 0.6 is 0 Å². The van der Waals surface area contributed by atoms with Crippen molar-refractivity contribution in [3.8, 4) is 5.75 Å². The van der Waals surface area contributed by atoms with Crippen LogP contribution in [0.25, 0.3) is 0 Å². The summed E-state index contributed by atoms with van der Waals surface area (Å²) in [5.41, 5.74) is -0.262. The van der Waals surface area contributed by atoms with Gasteiger partial charge < -0.3 is 10.2 Å². The molecule has 0 saturated carbocycles. The summed E-state index contributed by atoms with van der Waals surface area (Å²) < 4.78 is 0. The molecule has 0 amide bonds. The number of hydrogen-bond acceptors (Lipinski definition) is 4. The summed E-state index contributed by atoms with van der Waals surface area (Å²) in [5.74, 6) is -1.28. The van der Waals surface area contributed by atoms with Gasteiger partial charge in [0.25, 0.3) is 0 Å². The van der Waals surface area contributed by atoms with E-state index in [-0.39, 0.29) is 11.4 Å². The number of carboxylic acids is 1. The number of nitrogens with zero attached hydrogens (tertiary/aromatic N) is 1. The van der Waals surface area contributed by atoms with Crippen LogP contribution in [-0.2, 0) is 4.79 Å². The van der Waals surface area contributed by atoms with Gasteiger partial charge in [0.2, 0.25) is 0 Å². The third-order valence-corrected chi connectivity index (χ3v) is 1.25. The van der Waals surface area contributed by atoms with Crippen LogP contribution < -0.4 is 0 Å². The van der Waals surface area contributed by atoms with Crippen LogP contribution in [0.3, 0.4) is 0 Å². The van der Waals surface area contributed by atoms with Gasteiger partial charge in [-0.2, -0.15) is 0 Å². The second-order valence-corrected chi connectivity index (χ2v) is 2.29. The number of hydrogen-bond donors (Lipinski definition) is 2. The first kappa shape index (κ1) is 12.6. The molecule has 0 aliphatic rings. The van der Waals surface area contributed by atoms with Crippen LogP contribution in [0.2, 0.25) is 0 Å². The Morgan fingerprint density at radius 3 is 2.20 bits per heavy atom. The average Bonchev–Trinajstić information content (AvgIpc) is 2.19. The molecule has 0 spiro atoms. The molecule has 0 radical (unpaired) electrons. The summed E-state index contributed by atoms with van der Waals surface area (Å²) in [7, 11) is 0. The summed E-state index contributed by atoms with van der Waals surface area (Å²) in [4.78, 5) is 18.7. The van der Waals surface area contributed by atoms with E-state index < -0.39 is 10.9 Å². The summed E-state index contributed by atoms with van der Waals surface area (Å²) in [6.07, 6.45) is 0.833. The average molecular weight is 211 g/mol. The molecular formula is C9H9NO5. The molecule has 6 heteroatoms. The Kier molecular flexibility index (Phi) is 5.17. The minimum absolute atomic E-state index is 0.262. The molecule has 2 N–H and O–H groups in total. The number of aliphatic carboxylic acids is 1.